The number of hydrogen-bond donors (Lipinski definition) is 1. The summed E-state index contributed by atoms with van der Waals surface area (Å²) in [7, 11) is 0. The minimum atomic E-state index is -0.0719. The minimum absolute atomic E-state index is 0.0719. The topological polar surface area (TPSA) is 45.2 Å². The molecule has 2 aliphatic rings. The summed E-state index contributed by atoms with van der Waals surface area (Å²) in [5.74, 6) is -0.0719. The number of pyridine rings is 1. The van der Waals surface area contributed by atoms with E-state index in [1.807, 2.05) is 12.1 Å². The molecule has 1 saturated carbocycles. The predicted octanol–water partition coefficient (Wildman–Crippen LogP) is 2.20. The van der Waals surface area contributed by atoms with Crippen molar-refractivity contribution >= 4 is 21.8 Å². The number of rotatable bonds is 3. The fourth-order valence-corrected chi connectivity index (χ4v) is 3.09. The average Bonchev–Trinajstić information content (AvgIpc) is 3.24. The van der Waals surface area contributed by atoms with Gasteiger partial charge in [0.05, 0.1) is 0 Å². The van der Waals surface area contributed by atoms with Crippen LogP contribution in [0.25, 0.3) is 0 Å². The second-order valence-corrected chi connectivity index (χ2v) is 6.20. The molecule has 0 bridgehead atoms. The lowest BCUT2D eigenvalue weighted by Crippen LogP contribution is -2.45. The molecule has 1 N–H and O–H groups in total. The van der Waals surface area contributed by atoms with Crippen molar-refractivity contribution < 1.29 is 4.79 Å². The van der Waals surface area contributed by atoms with E-state index >= 15 is 0 Å². The zero-order chi connectivity index (χ0) is 13.2. The van der Waals surface area contributed by atoms with E-state index in [2.05, 4.69) is 31.1 Å². The summed E-state index contributed by atoms with van der Waals surface area (Å²) in [6, 6.07) is 4.78. The molecule has 3 rings (SSSR count). The first-order valence-electron chi connectivity index (χ1n) is 6.89. The molecule has 0 unspecified atom stereocenters. The molecule has 4 nitrogen and oxygen atoms in total. The van der Waals surface area contributed by atoms with Gasteiger partial charge in [-0.2, -0.15) is 0 Å². The van der Waals surface area contributed by atoms with Crippen molar-refractivity contribution in [3.05, 3.63) is 28.5 Å². The van der Waals surface area contributed by atoms with E-state index in [0.29, 0.717) is 5.69 Å². The Morgan fingerprint density at radius 3 is 2.68 bits per heavy atom. The fraction of sp³-hybridized carbons (Fsp3) is 0.571. The van der Waals surface area contributed by atoms with E-state index < -0.39 is 0 Å². The highest BCUT2D eigenvalue weighted by molar-refractivity contribution is 9.10. The summed E-state index contributed by atoms with van der Waals surface area (Å²) in [6.45, 7) is 2.22. The molecule has 5 heteroatoms. The van der Waals surface area contributed by atoms with Gasteiger partial charge in [-0.05, 0) is 53.7 Å². The van der Waals surface area contributed by atoms with Gasteiger partial charge >= 0.3 is 0 Å². The molecule has 1 amide bonds. The highest BCUT2D eigenvalue weighted by atomic mass is 79.9. The Balaban J connectivity index is 1.54. The lowest BCUT2D eigenvalue weighted by atomic mass is 10.0. The molecule has 0 aromatic carbocycles. The first kappa shape index (κ1) is 13.1. The lowest BCUT2D eigenvalue weighted by molar-refractivity contribution is 0.0903. The average molecular weight is 324 g/mol. The van der Waals surface area contributed by atoms with Crippen LogP contribution in [0.15, 0.2) is 22.8 Å². The van der Waals surface area contributed by atoms with Crippen molar-refractivity contribution in [2.75, 3.05) is 13.1 Å². The highest BCUT2D eigenvalue weighted by Gasteiger charge is 2.32. The molecule has 1 aromatic rings. The molecule has 2 heterocycles. The maximum atomic E-state index is 12.1. The van der Waals surface area contributed by atoms with Crippen molar-refractivity contribution in [1.29, 1.82) is 0 Å². The molecule has 0 spiro atoms. The normalized spacial score (nSPS) is 21.3. The Hall–Kier alpha value is -0.940. The molecule has 2 fully saturated rings. The number of carbonyl (C=O) groups excluding carboxylic acids is 1. The molecule has 19 heavy (non-hydrogen) atoms. The first-order chi connectivity index (χ1) is 9.24. The highest BCUT2D eigenvalue weighted by Crippen LogP contribution is 2.29. The van der Waals surface area contributed by atoms with Crippen LogP contribution >= 0.6 is 15.9 Å². The summed E-state index contributed by atoms with van der Waals surface area (Å²) >= 11 is 3.37. The van der Waals surface area contributed by atoms with Crippen LogP contribution in [0.2, 0.25) is 0 Å². The van der Waals surface area contributed by atoms with Crippen LogP contribution < -0.4 is 5.32 Å². The molecule has 1 aliphatic heterocycles. The van der Waals surface area contributed by atoms with Crippen LogP contribution in [-0.4, -0.2) is 41.0 Å². The molecule has 0 atom stereocenters. The van der Waals surface area contributed by atoms with Gasteiger partial charge in [-0.25, -0.2) is 4.98 Å². The van der Waals surface area contributed by atoms with Crippen molar-refractivity contribution in [1.82, 2.24) is 15.2 Å². The minimum Gasteiger partial charge on any atom is -0.348 e. The van der Waals surface area contributed by atoms with Crippen LogP contribution in [0.1, 0.15) is 36.2 Å². The monoisotopic (exact) mass is 323 g/mol. The predicted molar refractivity (Wildman–Crippen MR) is 77.0 cm³/mol. The van der Waals surface area contributed by atoms with Crippen molar-refractivity contribution in [3.63, 3.8) is 0 Å². The van der Waals surface area contributed by atoms with Crippen molar-refractivity contribution in [2.24, 2.45) is 0 Å². The van der Waals surface area contributed by atoms with Crippen LogP contribution in [0.4, 0.5) is 0 Å². The summed E-state index contributed by atoms with van der Waals surface area (Å²) in [5.41, 5.74) is 0.479. The van der Waals surface area contributed by atoms with Gasteiger partial charge in [0.1, 0.15) is 5.69 Å². The molecule has 1 aromatic heterocycles. The van der Waals surface area contributed by atoms with Gasteiger partial charge in [-0.1, -0.05) is 0 Å². The number of likely N-dealkylation sites (tertiary alicyclic amines) is 1. The number of hydrogen-bond acceptors (Lipinski definition) is 3. The Labute approximate surface area is 121 Å². The smallest absolute Gasteiger partial charge is 0.271 e. The van der Waals surface area contributed by atoms with Gasteiger partial charge in [-0.3, -0.25) is 4.79 Å². The Bertz CT molecular complexity index is 468. The molecule has 1 saturated heterocycles. The third kappa shape index (κ3) is 3.15. The summed E-state index contributed by atoms with van der Waals surface area (Å²) in [4.78, 5) is 18.8. The van der Waals surface area contributed by atoms with E-state index in [0.717, 1.165) is 36.4 Å². The first-order valence-corrected chi connectivity index (χ1v) is 7.69. The standard InChI is InChI=1S/C14H18BrN3O/c15-12-2-1-7-16-13(12)14(19)17-10-5-8-18(9-6-10)11-3-4-11/h1-2,7,10-11H,3-6,8-9H2,(H,17,19). The third-order valence-electron chi connectivity index (χ3n) is 3.90. The summed E-state index contributed by atoms with van der Waals surface area (Å²) in [6.07, 6.45) is 6.46. The quantitative estimate of drug-likeness (QED) is 0.927. The van der Waals surface area contributed by atoms with Gasteiger partial charge < -0.3 is 10.2 Å². The molecular weight excluding hydrogens is 306 g/mol. The number of halogens is 1. The van der Waals surface area contributed by atoms with E-state index in [4.69, 9.17) is 0 Å². The zero-order valence-corrected chi connectivity index (χ0v) is 12.4. The van der Waals surface area contributed by atoms with Gasteiger partial charge in [0.15, 0.2) is 0 Å². The Morgan fingerprint density at radius 2 is 2.05 bits per heavy atom. The largest absolute Gasteiger partial charge is 0.348 e. The van der Waals surface area contributed by atoms with Crippen LogP contribution in [0.3, 0.4) is 0 Å². The summed E-state index contributed by atoms with van der Waals surface area (Å²) < 4.78 is 0.753. The SMILES string of the molecule is O=C(NC1CCN(C2CC2)CC1)c1ncccc1Br. The Morgan fingerprint density at radius 1 is 1.32 bits per heavy atom. The fourth-order valence-electron chi connectivity index (χ4n) is 2.66. The Kier molecular flexibility index (Phi) is 3.84. The lowest BCUT2D eigenvalue weighted by Gasteiger charge is -2.32. The maximum absolute atomic E-state index is 12.1. The van der Waals surface area contributed by atoms with Gasteiger partial charge in [0.2, 0.25) is 0 Å². The molecule has 1 aliphatic carbocycles. The molecule has 0 radical (unpaired) electrons. The van der Waals surface area contributed by atoms with Crippen LogP contribution in [-0.2, 0) is 0 Å². The summed E-state index contributed by atoms with van der Waals surface area (Å²) in [5, 5.41) is 3.10. The van der Waals surface area contributed by atoms with E-state index in [9.17, 15) is 4.79 Å². The zero-order valence-electron chi connectivity index (χ0n) is 10.8. The number of nitrogens with zero attached hydrogens (tertiary/aromatic N) is 2. The van der Waals surface area contributed by atoms with Crippen molar-refractivity contribution in [2.45, 2.75) is 37.8 Å². The number of piperidine rings is 1. The van der Waals surface area contributed by atoms with Crippen LogP contribution in [0.5, 0.6) is 0 Å². The van der Waals surface area contributed by atoms with E-state index in [1.54, 1.807) is 6.20 Å². The van der Waals surface area contributed by atoms with Crippen molar-refractivity contribution in [3.8, 4) is 0 Å². The van der Waals surface area contributed by atoms with Crippen LogP contribution in [0, 0.1) is 0 Å². The second kappa shape index (κ2) is 5.59. The third-order valence-corrected chi connectivity index (χ3v) is 4.54. The van der Waals surface area contributed by atoms with E-state index in [-0.39, 0.29) is 11.9 Å². The van der Waals surface area contributed by atoms with Gasteiger partial charge in [0, 0.05) is 35.8 Å². The number of aromatic nitrogens is 1. The van der Waals surface area contributed by atoms with E-state index in [1.165, 1.54) is 12.8 Å². The second-order valence-electron chi connectivity index (χ2n) is 5.35. The van der Waals surface area contributed by atoms with Gasteiger partial charge in [0.25, 0.3) is 5.91 Å². The molecular formula is C14H18BrN3O. The molecule has 102 valence electrons. The van der Waals surface area contributed by atoms with Gasteiger partial charge in [-0.15, -0.1) is 0 Å². The maximum Gasteiger partial charge on any atom is 0.271 e. The number of nitrogens with one attached hydrogen (secondary N) is 1. The number of amides is 1. The number of carbonyl (C=O) groups is 1.